The molecule has 1 aliphatic heterocycles. The SMILES string of the molecule is O=S1(=O)C=Cc2cccc(-c3ccc4ncoc4c3)c21. The van der Waals surface area contributed by atoms with Crippen LogP contribution < -0.4 is 0 Å². The Labute approximate surface area is 115 Å². The van der Waals surface area contributed by atoms with E-state index in [4.69, 9.17) is 4.42 Å². The highest BCUT2D eigenvalue weighted by molar-refractivity contribution is 7.95. The number of fused-ring (bicyclic) bond motifs is 2. The van der Waals surface area contributed by atoms with Crippen molar-refractivity contribution in [2.24, 2.45) is 0 Å². The summed E-state index contributed by atoms with van der Waals surface area (Å²) < 4.78 is 29.6. The fraction of sp³-hybridized carbons (Fsp3) is 0. The summed E-state index contributed by atoms with van der Waals surface area (Å²) in [6, 6.07) is 10.9. The van der Waals surface area contributed by atoms with Gasteiger partial charge in [0.1, 0.15) is 5.52 Å². The molecule has 0 radical (unpaired) electrons. The molecule has 1 aliphatic rings. The summed E-state index contributed by atoms with van der Waals surface area (Å²) in [5, 5.41) is 1.24. The molecule has 0 fully saturated rings. The minimum atomic E-state index is -3.35. The summed E-state index contributed by atoms with van der Waals surface area (Å²) >= 11 is 0. The summed E-state index contributed by atoms with van der Waals surface area (Å²) in [5.74, 6) is 0. The molecule has 4 nitrogen and oxygen atoms in total. The third kappa shape index (κ3) is 1.53. The topological polar surface area (TPSA) is 60.2 Å². The van der Waals surface area contributed by atoms with Gasteiger partial charge in [-0.25, -0.2) is 13.4 Å². The van der Waals surface area contributed by atoms with E-state index < -0.39 is 9.84 Å². The van der Waals surface area contributed by atoms with Gasteiger partial charge in [-0.2, -0.15) is 0 Å². The van der Waals surface area contributed by atoms with Crippen LogP contribution in [-0.4, -0.2) is 13.4 Å². The van der Waals surface area contributed by atoms with E-state index >= 15 is 0 Å². The van der Waals surface area contributed by atoms with Crippen LogP contribution >= 0.6 is 0 Å². The molecule has 1 aromatic heterocycles. The first-order chi connectivity index (χ1) is 9.65. The van der Waals surface area contributed by atoms with E-state index in [0.717, 1.165) is 16.6 Å². The Hall–Kier alpha value is -2.40. The number of oxazole rings is 1. The van der Waals surface area contributed by atoms with Crippen LogP contribution in [0.5, 0.6) is 0 Å². The molecule has 5 heteroatoms. The quantitative estimate of drug-likeness (QED) is 0.687. The van der Waals surface area contributed by atoms with Crippen molar-refractivity contribution in [1.29, 1.82) is 0 Å². The summed E-state index contributed by atoms with van der Waals surface area (Å²) in [6.45, 7) is 0. The van der Waals surface area contributed by atoms with Crippen molar-refractivity contribution in [2.75, 3.05) is 0 Å². The number of nitrogens with zero attached hydrogens (tertiary/aromatic N) is 1. The molecule has 0 unspecified atom stereocenters. The average molecular weight is 283 g/mol. The van der Waals surface area contributed by atoms with Crippen molar-refractivity contribution in [2.45, 2.75) is 4.90 Å². The Morgan fingerprint density at radius 2 is 2.00 bits per heavy atom. The second-order valence-corrected chi connectivity index (χ2v) is 6.38. The second kappa shape index (κ2) is 3.80. The van der Waals surface area contributed by atoms with Crippen molar-refractivity contribution in [3.8, 4) is 11.1 Å². The maximum absolute atomic E-state index is 12.1. The van der Waals surface area contributed by atoms with E-state index in [0.29, 0.717) is 16.0 Å². The van der Waals surface area contributed by atoms with Crippen LogP contribution in [0.15, 0.2) is 57.5 Å². The predicted molar refractivity (Wildman–Crippen MR) is 75.7 cm³/mol. The first-order valence-electron chi connectivity index (χ1n) is 6.05. The smallest absolute Gasteiger partial charge is 0.201 e. The molecule has 3 aromatic rings. The van der Waals surface area contributed by atoms with E-state index in [2.05, 4.69) is 4.98 Å². The van der Waals surface area contributed by atoms with Gasteiger partial charge in [0.25, 0.3) is 0 Å². The van der Waals surface area contributed by atoms with Crippen molar-refractivity contribution in [1.82, 2.24) is 4.98 Å². The molecule has 0 spiro atoms. The molecule has 0 saturated heterocycles. The van der Waals surface area contributed by atoms with E-state index in [1.54, 1.807) is 18.2 Å². The third-order valence-corrected chi connectivity index (χ3v) is 4.92. The molecule has 2 heterocycles. The van der Waals surface area contributed by atoms with Gasteiger partial charge in [-0.15, -0.1) is 0 Å². The van der Waals surface area contributed by atoms with Crippen LogP contribution in [0.4, 0.5) is 0 Å². The number of hydrogen-bond acceptors (Lipinski definition) is 4. The lowest BCUT2D eigenvalue weighted by atomic mass is 10.0. The fourth-order valence-electron chi connectivity index (χ4n) is 2.48. The van der Waals surface area contributed by atoms with Gasteiger partial charge in [0, 0.05) is 11.0 Å². The number of rotatable bonds is 1. The number of sulfone groups is 1. The van der Waals surface area contributed by atoms with E-state index in [9.17, 15) is 8.42 Å². The molecule has 0 amide bonds. The Balaban J connectivity index is 2.03. The van der Waals surface area contributed by atoms with Gasteiger partial charge in [0.2, 0.25) is 9.84 Å². The van der Waals surface area contributed by atoms with Crippen LogP contribution in [0, 0.1) is 0 Å². The minimum absolute atomic E-state index is 0.360. The van der Waals surface area contributed by atoms with Gasteiger partial charge in [0.05, 0.1) is 4.90 Å². The van der Waals surface area contributed by atoms with E-state index in [1.807, 2.05) is 24.3 Å². The van der Waals surface area contributed by atoms with Gasteiger partial charge in [-0.1, -0.05) is 24.3 Å². The van der Waals surface area contributed by atoms with E-state index in [1.165, 1.54) is 11.8 Å². The van der Waals surface area contributed by atoms with Crippen molar-refractivity contribution in [3.05, 3.63) is 53.8 Å². The van der Waals surface area contributed by atoms with Gasteiger partial charge in [-0.3, -0.25) is 0 Å². The van der Waals surface area contributed by atoms with Crippen LogP contribution in [0.25, 0.3) is 28.3 Å². The first-order valence-corrected chi connectivity index (χ1v) is 7.60. The lowest BCUT2D eigenvalue weighted by molar-refractivity contribution is 0.602. The normalized spacial score (nSPS) is 15.6. The highest BCUT2D eigenvalue weighted by Crippen LogP contribution is 2.36. The summed E-state index contributed by atoms with van der Waals surface area (Å²) in [7, 11) is -3.35. The number of benzene rings is 2. The summed E-state index contributed by atoms with van der Waals surface area (Å²) in [4.78, 5) is 4.42. The molecule has 0 atom stereocenters. The lowest BCUT2D eigenvalue weighted by Crippen LogP contribution is -1.97. The Morgan fingerprint density at radius 3 is 2.90 bits per heavy atom. The molecule has 4 rings (SSSR count). The molecule has 20 heavy (non-hydrogen) atoms. The molecule has 0 bridgehead atoms. The maximum Gasteiger partial charge on any atom is 0.201 e. The number of hydrogen-bond donors (Lipinski definition) is 0. The van der Waals surface area contributed by atoms with Crippen LogP contribution in [0.3, 0.4) is 0 Å². The molecular weight excluding hydrogens is 274 g/mol. The Bertz CT molecular complexity index is 968. The molecule has 98 valence electrons. The van der Waals surface area contributed by atoms with Crippen molar-refractivity contribution >= 4 is 27.0 Å². The number of aromatic nitrogens is 1. The zero-order valence-electron chi connectivity index (χ0n) is 10.3. The van der Waals surface area contributed by atoms with Gasteiger partial charge >= 0.3 is 0 Å². The lowest BCUT2D eigenvalue weighted by Gasteiger charge is -2.08. The highest BCUT2D eigenvalue weighted by atomic mass is 32.2. The van der Waals surface area contributed by atoms with Gasteiger partial charge in [-0.05, 0) is 29.3 Å². The Morgan fingerprint density at radius 1 is 1.10 bits per heavy atom. The zero-order chi connectivity index (χ0) is 13.7. The molecule has 0 aliphatic carbocycles. The van der Waals surface area contributed by atoms with Crippen molar-refractivity contribution in [3.63, 3.8) is 0 Å². The molecular formula is C15H9NO3S. The zero-order valence-corrected chi connectivity index (χ0v) is 11.1. The molecule has 0 saturated carbocycles. The predicted octanol–water partition coefficient (Wildman–Crippen LogP) is 3.25. The Kier molecular flexibility index (Phi) is 2.17. The van der Waals surface area contributed by atoms with E-state index in [-0.39, 0.29) is 0 Å². The van der Waals surface area contributed by atoms with Crippen LogP contribution in [-0.2, 0) is 9.84 Å². The summed E-state index contributed by atoms with van der Waals surface area (Å²) in [6.07, 6.45) is 3.00. The molecule has 0 N–H and O–H groups in total. The highest BCUT2D eigenvalue weighted by Gasteiger charge is 2.24. The average Bonchev–Trinajstić information content (AvgIpc) is 3.03. The van der Waals surface area contributed by atoms with Gasteiger partial charge < -0.3 is 4.42 Å². The monoisotopic (exact) mass is 283 g/mol. The minimum Gasteiger partial charge on any atom is -0.443 e. The standard InChI is InChI=1S/C15H9NO3S/c17-20(18)7-6-10-2-1-3-12(15(10)20)11-4-5-13-14(8-11)19-9-16-13/h1-9H. The van der Waals surface area contributed by atoms with Gasteiger partial charge in [0.15, 0.2) is 12.0 Å². The van der Waals surface area contributed by atoms with Crippen LogP contribution in [0.2, 0.25) is 0 Å². The maximum atomic E-state index is 12.1. The fourth-order valence-corrected chi connectivity index (χ4v) is 3.90. The van der Waals surface area contributed by atoms with Crippen molar-refractivity contribution < 1.29 is 12.8 Å². The molecule has 2 aromatic carbocycles. The third-order valence-electron chi connectivity index (χ3n) is 3.40. The largest absolute Gasteiger partial charge is 0.443 e. The summed E-state index contributed by atoms with van der Waals surface area (Å²) in [5.41, 5.74) is 3.61. The second-order valence-electron chi connectivity index (χ2n) is 4.61. The van der Waals surface area contributed by atoms with Crippen LogP contribution in [0.1, 0.15) is 5.56 Å². The first kappa shape index (κ1) is 11.4.